The Kier molecular flexibility index (Phi) is 8.02. The van der Waals surface area contributed by atoms with E-state index in [1.807, 2.05) is 24.3 Å². The van der Waals surface area contributed by atoms with E-state index in [0.29, 0.717) is 34.6 Å². The third kappa shape index (κ3) is 5.74. The molecule has 2 amide bonds. The standard InChI is InChI=1S/C22H27ClN6O3/c1-4-19(30)29(2)18-11-6-5-10-17(18)26-20-16(23)13-24-22(27-20)25-15-9-7-8-14(12-15)21(31)28-32-3/h4-6,10-11,13-15H,1,7-9,12H2,2-3H3,(H,28,31)(H2,24,25,26,27). The van der Waals surface area contributed by atoms with Crippen molar-refractivity contribution in [3.63, 3.8) is 0 Å². The van der Waals surface area contributed by atoms with Crippen molar-refractivity contribution in [2.75, 3.05) is 29.7 Å². The van der Waals surface area contributed by atoms with Gasteiger partial charge in [-0.2, -0.15) is 4.98 Å². The van der Waals surface area contributed by atoms with Crippen LogP contribution >= 0.6 is 11.6 Å². The summed E-state index contributed by atoms with van der Waals surface area (Å²) >= 11 is 6.33. The number of hydroxylamine groups is 1. The lowest BCUT2D eigenvalue weighted by Crippen LogP contribution is -2.37. The van der Waals surface area contributed by atoms with Gasteiger partial charge in [0, 0.05) is 19.0 Å². The Morgan fingerprint density at radius 3 is 2.84 bits per heavy atom. The van der Waals surface area contributed by atoms with Crippen molar-refractivity contribution >= 4 is 46.6 Å². The average Bonchev–Trinajstić information content (AvgIpc) is 2.81. The first-order valence-electron chi connectivity index (χ1n) is 10.3. The topological polar surface area (TPSA) is 108 Å². The number of likely N-dealkylation sites (N-methyl/N-ethyl adjacent to an activating group) is 1. The second kappa shape index (κ2) is 10.9. The van der Waals surface area contributed by atoms with Gasteiger partial charge in [0.15, 0.2) is 5.82 Å². The van der Waals surface area contributed by atoms with Crippen LogP contribution in [0.1, 0.15) is 25.7 Å². The van der Waals surface area contributed by atoms with Crippen molar-refractivity contribution in [3.05, 3.63) is 48.1 Å². The number of nitrogens with zero attached hydrogens (tertiary/aromatic N) is 3. The van der Waals surface area contributed by atoms with E-state index in [2.05, 4.69) is 32.7 Å². The molecule has 1 aromatic carbocycles. The highest BCUT2D eigenvalue weighted by molar-refractivity contribution is 6.33. The third-order valence-electron chi connectivity index (χ3n) is 5.35. The summed E-state index contributed by atoms with van der Waals surface area (Å²) in [5.74, 6) is 0.326. The Labute approximate surface area is 192 Å². The van der Waals surface area contributed by atoms with Crippen LogP contribution in [0.2, 0.25) is 5.02 Å². The summed E-state index contributed by atoms with van der Waals surface area (Å²) in [6, 6.07) is 7.37. The number of anilines is 4. The number of aromatic nitrogens is 2. The molecule has 1 aliphatic rings. The highest BCUT2D eigenvalue weighted by Crippen LogP contribution is 2.31. The van der Waals surface area contributed by atoms with E-state index in [1.54, 1.807) is 7.05 Å². The molecule has 1 aliphatic carbocycles. The van der Waals surface area contributed by atoms with Crippen LogP contribution in [-0.2, 0) is 14.4 Å². The van der Waals surface area contributed by atoms with Crippen molar-refractivity contribution in [2.24, 2.45) is 5.92 Å². The number of halogens is 1. The lowest BCUT2D eigenvalue weighted by molar-refractivity contribution is -0.136. The lowest BCUT2D eigenvalue weighted by atomic mass is 9.85. The Bertz CT molecular complexity index is 986. The fourth-order valence-electron chi connectivity index (χ4n) is 3.70. The highest BCUT2D eigenvalue weighted by Gasteiger charge is 2.28. The van der Waals surface area contributed by atoms with Gasteiger partial charge in [-0.3, -0.25) is 14.4 Å². The number of hydrogen-bond acceptors (Lipinski definition) is 7. The molecule has 2 unspecified atom stereocenters. The Balaban J connectivity index is 1.75. The number of hydrogen-bond donors (Lipinski definition) is 3. The monoisotopic (exact) mass is 458 g/mol. The maximum atomic E-state index is 12.1. The third-order valence-corrected chi connectivity index (χ3v) is 5.63. The Hall–Kier alpha value is -3.17. The molecule has 1 saturated carbocycles. The van der Waals surface area contributed by atoms with Gasteiger partial charge in [0.25, 0.3) is 0 Å². The Morgan fingerprint density at radius 1 is 1.31 bits per heavy atom. The van der Waals surface area contributed by atoms with Crippen molar-refractivity contribution in [3.8, 4) is 0 Å². The molecule has 0 spiro atoms. The molecule has 0 bridgehead atoms. The van der Waals surface area contributed by atoms with E-state index in [1.165, 1.54) is 24.3 Å². The summed E-state index contributed by atoms with van der Waals surface area (Å²) in [4.78, 5) is 39.2. The second-order valence-corrected chi connectivity index (χ2v) is 7.92. The van der Waals surface area contributed by atoms with Crippen molar-refractivity contribution in [1.82, 2.24) is 15.4 Å². The lowest BCUT2D eigenvalue weighted by Gasteiger charge is -2.28. The van der Waals surface area contributed by atoms with Crippen LogP contribution in [0, 0.1) is 5.92 Å². The molecule has 2 atom stereocenters. The number of carbonyl (C=O) groups excluding carboxylic acids is 2. The molecule has 0 radical (unpaired) electrons. The summed E-state index contributed by atoms with van der Waals surface area (Å²) in [6.07, 6.45) is 6.05. The molecule has 1 heterocycles. The summed E-state index contributed by atoms with van der Waals surface area (Å²) in [7, 11) is 3.09. The van der Waals surface area contributed by atoms with E-state index in [-0.39, 0.29) is 23.8 Å². The molecule has 0 aliphatic heterocycles. The normalized spacial score (nSPS) is 17.8. The number of para-hydroxylation sites is 2. The van der Waals surface area contributed by atoms with Crippen LogP contribution in [0.3, 0.4) is 0 Å². The first-order chi connectivity index (χ1) is 15.4. The molecule has 9 nitrogen and oxygen atoms in total. The molecule has 170 valence electrons. The van der Waals surface area contributed by atoms with Crippen LogP contribution in [0.5, 0.6) is 0 Å². The first-order valence-corrected chi connectivity index (χ1v) is 10.7. The average molecular weight is 459 g/mol. The van der Waals surface area contributed by atoms with Gasteiger partial charge in [-0.1, -0.05) is 36.7 Å². The predicted octanol–water partition coefficient (Wildman–Crippen LogP) is 3.67. The number of carbonyl (C=O) groups is 2. The summed E-state index contributed by atoms with van der Waals surface area (Å²) in [5, 5.41) is 6.83. The quantitative estimate of drug-likeness (QED) is 0.409. The number of nitrogens with one attached hydrogen (secondary N) is 3. The summed E-state index contributed by atoms with van der Waals surface area (Å²) in [6.45, 7) is 3.53. The van der Waals surface area contributed by atoms with E-state index in [0.717, 1.165) is 19.3 Å². The van der Waals surface area contributed by atoms with E-state index in [4.69, 9.17) is 16.4 Å². The number of rotatable bonds is 8. The van der Waals surface area contributed by atoms with E-state index in [9.17, 15) is 9.59 Å². The van der Waals surface area contributed by atoms with Crippen LogP contribution in [0.25, 0.3) is 0 Å². The molecule has 3 N–H and O–H groups in total. The molecular weight excluding hydrogens is 432 g/mol. The summed E-state index contributed by atoms with van der Waals surface area (Å²) in [5.41, 5.74) is 3.72. The SMILES string of the molecule is C=CC(=O)N(C)c1ccccc1Nc1nc(NC2CCCC(C(=O)NOC)C2)ncc1Cl. The van der Waals surface area contributed by atoms with Gasteiger partial charge in [0.2, 0.25) is 17.8 Å². The molecule has 1 aromatic heterocycles. The van der Waals surface area contributed by atoms with Crippen molar-refractivity contribution < 1.29 is 14.4 Å². The zero-order chi connectivity index (χ0) is 23.1. The minimum absolute atomic E-state index is 0.0500. The number of amides is 2. The molecule has 1 fully saturated rings. The van der Waals surface area contributed by atoms with Crippen LogP contribution in [0.4, 0.5) is 23.1 Å². The van der Waals surface area contributed by atoms with Gasteiger partial charge in [0.05, 0.1) is 24.7 Å². The first kappa shape index (κ1) is 23.5. The van der Waals surface area contributed by atoms with Gasteiger partial charge >= 0.3 is 0 Å². The smallest absolute Gasteiger partial charge is 0.250 e. The minimum atomic E-state index is -0.236. The van der Waals surface area contributed by atoms with Gasteiger partial charge in [0.1, 0.15) is 5.02 Å². The zero-order valence-electron chi connectivity index (χ0n) is 18.1. The van der Waals surface area contributed by atoms with E-state index < -0.39 is 0 Å². The molecule has 10 heteroatoms. The zero-order valence-corrected chi connectivity index (χ0v) is 18.9. The Morgan fingerprint density at radius 2 is 2.09 bits per heavy atom. The summed E-state index contributed by atoms with van der Waals surface area (Å²) < 4.78 is 0. The number of benzene rings is 1. The maximum Gasteiger partial charge on any atom is 0.250 e. The fraction of sp³-hybridized carbons (Fsp3) is 0.364. The maximum absolute atomic E-state index is 12.1. The van der Waals surface area contributed by atoms with Crippen molar-refractivity contribution in [2.45, 2.75) is 31.7 Å². The second-order valence-electron chi connectivity index (χ2n) is 7.51. The van der Waals surface area contributed by atoms with Gasteiger partial charge < -0.3 is 15.5 Å². The minimum Gasteiger partial charge on any atom is -0.351 e. The molecule has 2 aromatic rings. The fourth-order valence-corrected chi connectivity index (χ4v) is 3.84. The predicted molar refractivity (Wildman–Crippen MR) is 125 cm³/mol. The largest absolute Gasteiger partial charge is 0.351 e. The van der Waals surface area contributed by atoms with E-state index >= 15 is 0 Å². The van der Waals surface area contributed by atoms with Gasteiger partial charge in [-0.25, -0.2) is 10.5 Å². The van der Waals surface area contributed by atoms with Gasteiger partial charge in [-0.15, -0.1) is 0 Å². The molecular formula is C22H27ClN6O3. The van der Waals surface area contributed by atoms with Crippen LogP contribution in [0.15, 0.2) is 43.1 Å². The van der Waals surface area contributed by atoms with Gasteiger partial charge in [-0.05, 0) is 37.5 Å². The van der Waals surface area contributed by atoms with Crippen LogP contribution in [-0.4, -0.2) is 42.0 Å². The molecule has 32 heavy (non-hydrogen) atoms. The highest BCUT2D eigenvalue weighted by atomic mass is 35.5. The van der Waals surface area contributed by atoms with Crippen LogP contribution < -0.4 is 21.0 Å². The van der Waals surface area contributed by atoms with Crippen molar-refractivity contribution in [1.29, 1.82) is 0 Å². The molecule has 3 rings (SSSR count). The molecule has 0 saturated heterocycles.